The number of allylic oxidation sites excluding steroid dienone is 4. The first-order valence-electron chi connectivity index (χ1n) is 19.9. The van der Waals surface area contributed by atoms with Crippen molar-refractivity contribution in [3.63, 3.8) is 0 Å². The first-order valence-corrected chi connectivity index (χ1v) is 20.7. The molecule has 0 fully saturated rings. The summed E-state index contributed by atoms with van der Waals surface area (Å²) in [5.74, 6) is 0. The van der Waals surface area contributed by atoms with Gasteiger partial charge in [-0.1, -0.05) is 172 Å². The fourth-order valence-electron chi connectivity index (χ4n) is 10.3. The molecule has 0 saturated heterocycles. The van der Waals surface area contributed by atoms with Gasteiger partial charge in [-0.05, 0) is 118 Å². The van der Waals surface area contributed by atoms with Crippen molar-refractivity contribution < 1.29 is 0 Å². The first-order chi connectivity index (χ1) is 27.5. The summed E-state index contributed by atoms with van der Waals surface area (Å²) in [4.78, 5) is 0. The standard InChI is InChI=1S/C55H38S/c1-55(2)47-29-27-36(32-46(47)53-48(55)30-26-34-25-28-45-39-18-9-10-24-49(39)56-54(45)51(34)53)35-15-11-16-37(31-35)50-41-19-5-7-21-43(41)52(44-22-8-6-20-42(44)50)40-23-12-14-33-13-3-4-17-38(33)40/h3-10,12-15,17-32H,11,16H2,1-2H3. The highest BCUT2D eigenvalue weighted by molar-refractivity contribution is 7.26. The predicted octanol–water partition coefficient (Wildman–Crippen LogP) is 15.9. The summed E-state index contributed by atoms with van der Waals surface area (Å²) in [7, 11) is 0. The summed E-state index contributed by atoms with van der Waals surface area (Å²) in [5, 5.41) is 13.3. The normalized spacial score (nSPS) is 14.8. The molecule has 0 aliphatic heterocycles. The van der Waals surface area contributed by atoms with E-state index in [1.165, 1.54) is 119 Å². The Kier molecular flexibility index (Phi) is 6.78. The fraction of sp³-hybridized carbons (Fsp3) is 0.0909. The van der Waals surface area contributed by atoms with Crippen LogP contribution in [0.25, 0.3) is 96.7 Å². The van der Waals surface area contributed by atoms with Crippen molar-refractivity contribution in [3.05, 3.63) is 192 Å². The molecule has 12 rings (SSSR count). The molecule has 0 bridgehead atoms. The Morgan fingerprint density at radius 2 is 1.12 bits per heavy atom. The number of fused-ring (bicyclic) bond motifs is 12. The summed E-state index contributed by atoms with van der Waals surface area (Å²) in [6.07, 6.45) is 7.00. The molecule has 0 spiro atoms. The Morgan fingerprint density at radius 1 is 0.482 bits per heavy atom. The second-order valence-electron chi connectivity index (χ2n) is 16.2. The van der Waals surface area contributed by atoms with Crippen LogP contribution >= 0.6 is 11.3 Å². The van der Waals surface area contributed by atoms with E-state index in [-0.39, 0.29) is 5.41 Å². The maximum absolute atomic E-state index is 2.51. The van der Waals surface area contributed by atoms with Gasteiger partial charge >= 0.3 is 0 Å². The number of hydrogen-bond acceptors (Lipinski definition) is 1. The zero-order chi connectivity index (χ0) is 37.1. The highest BCUT2D eigenvalue weighted by Gasteiger charge is 2.37. The molecular weight excluding hydrogens is 693 g/mol. The lowest BCUT2D eigenvalue weighted by atomic mass is 9.81. The van der Waals surface area contributed by atoms with Crippen molar-refractivity contribution in [3.8, 4) is 22.3 Å². The van der Waals surface area contributed by atoms with Crippen LogP contribution in [0.5, 0.6) is 0 Å². The largest absolute Gasteiger partial charge is 0.135 e. The van der Waals surface area contributed by atoms with Gasteiger partial charge in [0, 0.05) is 31.0 Å². The summed E-state index contributed by atoms with van der Waals surface area (Å²) < 4.78 is 2.76. The van der Waals surface area contributed by atoms with Gasteiger partial charge in [0.05, 0.1) is 0 Å². The van der Waals surface area contributed by atoms with Crippen LogP contribution in [0, 0.1) is 0 Å². The second-order valence-corrected chi connectivity index (χ2v) is 17.3. The summed E-state index contributed by atoms with van der Waals surface area (Å²) in [5.41, 5.74) is 13.6. The lowest BCUT2D eigenvalue weighted by molar-refractivity contribution is 0.661. The van der Waals surface area contributed by atoms with E-state index in [0.717, 1.165) is 12.8 Å². The summed E-state index contributed by atoms with van der Waals surface area (Å²) >= 11 is 1.94. The minimum absolute atomic E-state index is 0.0815. The Hall–Kier alpha value is -6.28. The van der Waals surface area contributed by atoms with Gasteiger partial charge in [-0.25, -0.2) is 0 Å². The molecule has 1 heterocycles. The zero-order valence-electron chi connectivity index (χ0n) is 31.5. The van der Waals surface area contributed by atoms with E-state index >= 15 is 0 Å². The van der Waals surface area contributed by atoms with Gasteiger partial charge < -0.3 is 0 Å². The molecule has 1 aromatic heterocycles. The van der Waals surface area contributed by atoms with Crippen molar-refractivity contribution >= 4 is 85.7 Å². The molecule has 10 aromatic rings. The van der Waals surface area contributed by atoms with E-state index in [1.54, 1.807) is 0 Å². The van der Waals surface area contributed by atoms with Gasteiger partial charge in [0.2, 0.25) is 0 Å². The van der Waals surface area contributed by atoms with E-state index in [2.05, 4.69) is 184 Å². The van der Waals surface area contributed by atoms with Crippen LogP contribution in [0.3, 0.4) is 0 Å². The molecule has 2 aliphatic carbocycles. The van der Waals surface area contributed by atoms with E-state index in [1.807, 2.05) is 11.3 Å². The Bertz CT molecular complexity index is 3320. The fourth-order valence-corrected chi connectivity index (χ4v) is 11.6. The second kappa shape index (κ2) is 11.9. The SMILES string of the molecule is CC1(C)c2ccc(C3=CCCC(c4c5ccccc5c(-c5cccc6ccccc56)c5ccccc45)=C3)cc2-c2c1ccc1ccc3c4ccccc4sc3c21. The van der Waals surface area contributed by atoms with E-state index < -0.39 is 0 Å². The van der Waals surface area contributed by atoms with E-state index in [4.69, 9.17) is 0 Å². The third kappa shape index (κ3) is 4.47. The van der Waals surface area contributed by atoms with Gasteiger partial charge in [-0.15, -0.1) is 11.3 Å². The molecule has 56 heavy (non-hydrogen) atoms. The van der Waals surface area contributed by atoms with Gasteiger partial charge in [0.15, 0.2) is 0 Å². The van der Waals surface area contributed by atoms with Gasteiger partial charge in [0.25, 0.3) is 0 Å². The highest BCUT2D eigenvalue weighted by atomic mass is 32.1. The number of rotatable bonds is 3. The smallest absolute Gasteiger partial charge is 0.0440 e. The van der Waals surface area contributed by atoms with Crippen molar-refractivity contribution in [2.24, 2.45) is 0 Å². The zero-order valence-corrected chi connectivity index (χ0v) is 32.3. The maximum atomic E-state index is 2.51. The summed E-state index contributed by atoms with van der Waals surface area (Å²) in [6, 6.07) is 59.4. The third-order valence-electron chi connectivity index (χ3n) is 12.9. The molecule has 0 amide bonds. The molecule has 264 valence electrons. The summed E-state index contributed by atoms with van der Waals surface area (Å²) in [6.45, 7) is 4.81. The monoisotopic (exact) mass is 730 g/mol. The number of thiophene rings is 1. The van der Waals surface area contributed by atoms with Crippen molar-refractivity contribution in [1.29, 1.82) is 0 Å². The molecule has 0 unspecified atom stereocenters. The van der Waals surface area contributed by atoms with Crippen LogP contribution in [0.4, 0.5) is 0 Å². The third-order valence-corrected chi connectivity index (χ3v) is 14.1. The molecule has 0 nitrogen and oxygen atoms in total. The molecule has 9 aromatic carbocycles. The van der Waals surface area contributed by atoms with Crippen molar-refractivity contribution in [2.75, 3.05) is 0 Å². The minimum atomic E-state index is -0.0815. The Balaban J connectivity index is 1.06. The molecule has 2 aliphatic rings. The van der Waals surface area contributed by atoms with Crippen LogP contribution in [0.15, 0.2) is 170 Å². The predicted molar refractivity (Wildman–Crippen MR) is 244 cm³/mol. The average Bonchev–Trinajstić information content (AvgIpc) is 3.74. The molecule has 0 saturated carbocycles. The van der Waals surface area contributed by atoms with Gasteiger partial charge in [-0.3, -0.25) is 0 Å². The molecule has 0 atom stereocenters. The molecular formula is C55H38S. The lowest BCUT2D eigenvalue weighted by Gasteiger charge is -2.23. The van der Waals surface area contributed by atoms with Crippen LogP contribution < -0.4 is 0 Å². The number of hydrogen-bond donors (Lipinski definition) is 0. The van der Waals surface area contributed by atoms with Crippen LogP contribution in [-0.4, -0.2) is 0 Å². The van der Waals surface area contributed by atoms with Gasteiger partial charge in [0.1, 0.15) is 0 Å². The maximum Gasteiger partial charge on any atom is 0.0440 e. The molecule has 0 N–H and O–H groups in total. The Labute approximate surface area is 330 Å². The van der Waals surface area contributed by atoms with Crippen molar-refractivity contribution in [2.45, 2.75) is 32.1 Å². The van der Waals surface area contributed by atoms with Crippen LogP contribution in [0.2, 0.25) is 0 Å². The minimum Gasteiger partial charge on any atom is -0.135 e. The topological polar surface area (TPSA) is 0 Å². The molecule has 1 heteroatoms. The van der Waals surface area contributed by atoms with E-state index in [0.29, 0.717) is 0 Å². The first kappa shape index (κ1) is 32.0. The van der Waals surface area contributed by atoms with Gasteiger partial charge in [-0.2, -0.15) is 0 Å². The van der Waals surface area contributed by atoms with Crippen molar-refractivity contribution in [1.82, 2.24) is 0 Å². The highest BCUT2D eigenvalue weighted by Crippen LogP contribution is 2.54. The quantitative estimate of drug-likeness (QED) is 0.159. The average molecular weight is 731 g/mol. The lowest BCUT2D eigenvalue weighted by Crippen LogP contribution is -2.14. The van der Waals surface area contributed by atoms with Crippen LogP contribution in [-0.2, 0) is 5.41 Å². The van der Waals surface area contributed by atoms with Crippen LogP contribution in [0.1, 0.15) is 48.9 Å². The Morgan fingerprint density at radius 3 is 1.91 bits per heavy atom. The molecule has 0 radical (unpaired) electrons. The number of benzene rings is 9. The van der Waals surface area contributed by atoms with E-state index in [9.17, 15) is 0 Å².